The van der Waals surface area contributed by atoms with Gasteiger partial charge in [-0.1, -0.05) is 6.08 Å². The van der Waals surface area contributed by atoms with Crippen molar-refractivity contribution in [2.24, 2.45) is 0 Å². The topological polar surface area (TPSA) is 30.0 Å². The van der Waals surface area contributed by atoms with Gasteiger partial charge in [0.15, 0.2) is 0 Å². The average molecular weight is 147 g/mol. The maximum absolute atomic E-state index is 9.99. The average Bonchev–Trinajstić information content (AvgIpc) is 2.03. The molecule has 11 heavy (non-hydrogen) atoms. The molecule has 2 nitrogen and oxygen atoms in total. The van der Waals surface area contributed by atoms with E-state index in [1.807, 2.05) is 13.0 Å². The highest BCUT2D eigenvalue weighted by Gasteiger charge is 1.89. The summed E-state index contributed by atoms with van der Waals surface area (Å²) in [5, 5.41) is 0. The van der Waals surface area contributed by atoms with E-state index in [9.17, 15) is 4.79 Å². The summed E-state index contributed by atoms with van der Waals surface area (Å²) < 4.78 is 0. The second-order valence-corrected chi connectivity index (χ2v) is 2.23. The van der Waals surface area contributed by atoms with Crippen molar-refractivity contribution in [1.82, 2.24) is 4.98 Å². The number of rotatable bonds is 2. The number of aldehydes is 1. The number of aryl methyl sites for hydroxylation is 1. The zero-order valence-electron chi connectivity index (χ0n) is 6.32. The molecule has 0 unspecified atom stereocenters. The van der Waals surface area contributed by atoms with Gasteiger partial charge >= 0.3 is 0 Å². The van der Waals surface area contributed by atoms with Crippen molar-refractivity contribution in [3.8, 4) is 0 Å². The van der Waals surface area contributed by atoms with Gasteiger partial charge in [0.1, 0.15) is 6.29 Å². The number of aromatic nitrogens is 1. The van der Waals surface area contributed by atoms with Gasteiger partial charge in [-0.3, -0.25) is 9.78 Å². The van der Waals surface area contributed by atoms with Crippen LogP contribution in [0.3, 0.4) is 0 Å². The lowest BCUT2D eigenvalue weighted by Gasteiger charge is -1.95. The molecular formula is C9H9NO. The standard InChI is InChI=1S/C9H9NO/c1-8-7-10-5-4-9(8)3-2-6-11/h2-7H,1H3. The molecule has 0 bridgehead atoms. The van der Waals surface area contributed by atoms with E-state index in [1.165, 1.54) is 6.08 Å². The van der Waals surface area contributed by atoms with Crippen molar-refractivity contribution in [2.75, 3.05) is 0 Å². The van der Waals surface area contributed by atoms with Gasteiger partial charge in [-0.05, 0) is 30.2 Å². The summed E-state index contributed by atoms with van der Waals surface area (Å²) in [6.07, 6.45) is 7.48. The molecule has 0 spiro atoms. The predicted octanol–water partition coefficient (Wildman–Crippen LogP) is 1.60. The van der Waals surface area contributed by atoms with Crippen LogP contribution in [0, 0.1) is 6.92 Å². The van der Waals surface area contributed by atoms with Gasteiger partial charge in [0, 0.05) is 12.4 Å². The van der Waals surface area contributed by atoms with E-state index in [0.717, 1.165) is 17.4 Å². The molecule has 0 saturated carbocycles. The number of allylic oxidation sites excluding steroid dienone is 1. The third-order valence-electron chi connectivity index (χ3n) is 1.42. The number of carbonyl (C=O) groups is 1. The fraction of sp³-hybridized carbons (Fsp3) is 0.111. The van der Waals surface area contributed by atoms with Crippen LogP contribution in [0.1, 0.15) is 11.1 Å². The molecule has 0 radical (unpaired) electrons. The van der Waals surface area contributed by atoms with Crippen LogP contribution in [-0.4, -0.2) is 11.3 Å². The maximum Gasteiger partial charge on any atom is 0.142 e. The second kappa shape index (κ2) is 3.66. The van der Waals surface area contributed by atoms with Crippen molar-refractivity contribution in [3.05, 3.63) is 35.7 Å². The lowest BCUT2D eigenvalue weighted by atomic mass is 10.1. The van der Waals surface area contributed by atoms with Crippen LogP contribution in [0.4, 0.5) is 0 Å². The summed E-state index contributed by atoms with van der Waals surface area (Å²) in [6, 6.07) is 1.87. The van der Waals surface area contributed by atoms with Crippen molar-refractivity contribution >= 4 is 12.4 Å². The molecule has 56 valence electrons. The Balaban J connectivity index is 2.94. The van der Waals surface area contributed by atoms with Crippen LogP contribution in [0.5, 0.6) is 0 Å². The minimum absolute atomic E-state index is 0.764. The minimum Gasteiger partial charge on any atom is -0.299 e. The number of carbonyl (C=O) groups excluding carboxylic acids is 1. The van der Waals surface area contributed by atoms with Gasteiger partial charge in [-0.25, -0.2) is 0 Å². The lowest BCUT2D eigenvalue weighted by Crippen LogP contribution is -1.80. The summed E-state index contributed by atoms with van der Waals surface area (Å²) in [4.78, 5) is 13.9. The van der Waals surface area contributed by atoms with Crippen LogP contribution in [0.25, 0.3) is 6.08 Å². The van der Waals surface area contributed by atoms with E-state index >= 15 is 0 Å². The van der Waals surface area contributed by atoms with Crippen LogP contribution < -0.4 is 0 Å². The van der Waals surface area contributed by atoms with E-state index < -0.39 is 0 Å². The van der Waals surface area contributed by atoms with Gasteiger partial charge < -0.3 is 0 Å². The summed E-state index contributed by atoms with van der Waals surface area (Å²) in [7, 11) is 0. The molecular weight excluding hydrogens is 138 g/mol. The normalized spacial score (nSPS) is 10.3. The first-order chi connectivity index (χ1) is 5.34. The lowest BCUT2D eigenvalue weighted by molar-refractivity contribution is -0.104. The zero-order valence-corrected chi connectivity index (χ0v) is 6.32. The largest absolute Gasteiger partial charge is 0.299 e. The summed E-state index contributed by atoms with van der Waals surface area (Å²) >= 11 is 0. The fourth-order valence-corrected chi connectivity index (χ4v) is 0.814. The summed E-state index contributed by atoms with van der Waals surface area (Å²) in [6.45, 7) is 1.96. The Morgan fingerprint density at radius 3 is 3.00 bits per heavy atom. The number of hydrogen-bond donors (Lipinski definition) is 0. The van der Waals surface area contributed by atoms with Crippen LogP contribution >= 0.6 is 0 Å². The molecule has 0 aliphatic carbocycles. The first-order valence-corrected chi connectivity index (χ1v) is 3.37. The Bertz CT molecular complexity index is 279. The van der Waals surface area contributed by atoms with E-state index in [1.54, 1.807) is 18.5 Å². The molecule has 0 atom stereocenters. The summed E-state index contributed by atoms with van der Waals surface area (Å²) in [5.41, 5.74) is 2.11. The maximum atomic E-state index is 9.99. The Morgan fingerprint density at radius 2 is 2.36 bits per heavy atom. The van der Waals surface area contributed by atoms with Crippen LogP contribution in [0.2, 0.25) is 0 Å². The highest BCUT2D eigenvalue weighted by molar-refractivity contribution is 5.74. The zero-order chi connectivity index (χ0) is 8.10. The molecule has 0 aromatic carbocycles. The monoisotopic (exact) mass is 147 g/mol. The third kappa shape index (κ3) is 2.00. The number of hydrogen-bond acceptors (Lipinski definition) is 2. The van der Waals surface area contributed by atoms with E-state index in [4.69, 9.17) is 0 Å². The van der Waals surface area contributed by atoms with Crippen molar-refractivity contribution in [1.29, 1.82) is 0 Å². The van der Waals surface area contributed by atoms with Gasteiger partial charge in [0.25, 0.3) is 0 Å². The number of nitrogens with zero attached hydrogens (tertiary/aromatic N) is 1. The van der Waals surface area contributed by atoms with Gasteiger partial charge in [0.2, 0.25) is 0 Å². The van der Waals surface area contributed by atoms with E-state index in [2.05, 4.69) is 4.98 Å². The van der Waals surface area contributed by atoms with Gasteiger partial charge in [-0.15, -0.1) is 0 Å². The third-order valence-corrected chi connectivity index (χ3v) is 1.42. The van der Waals surface area contributed by atoms with Crippen molar-refractivity contribution in [3.63, 3.8) is 0 Å². The highest BCUT2D eigenvalue weighted by Crippen LogP contribution is 2.05. The molecule has 0 aliphatic rings. The van der Waals surface area contributed by atoms with Crippen LogP contribution in [-0.2, 0) is 4.79 Å². The molecule has 1 aromatic heterocycles. The van der Waals surface area contributed by atoms with Gasteiger partial charge in [0.05, 0.1) is 0 Å². The molecule has 1 rings (SSSR count). The fourth-order valence-electron chi connectivity index (χ4n) is 0.814. The molecule has 1 heterocycles. The summed E-state index contributed by atoms with van der Waals surface area (Å²) in [5.74, 6) is 0. The predicted molar refractivity (Wildman–Crippen MR) is 44.1 cm³/mol. The van der Waals surface area contributed by atoms with E-state index in [0.29, 0.717) is 0 Å². The Labute approximate surface area is 65.6 Å². The first kappa shape index (κ1) is 7.66. The van der Waals surface area contributed by atoms with E-state index in [-0.39, 0.29) is 0 Å². The molecule has 0 amide bonds. The van der Waals surface area contributed by atoms with Crippen molar-refractivity contribution in [2.45, 2.75) is 6.92 Å². The Kier molecular flexibility index (Phi) is 2.55. The molecule has 1 aromatic rings. The molecule has 0 saturated heterocycles. The SMILES string of the molecule is Cc1cnccc1C=CC=O. The highest BCUT2D eigenvalue weighted by atomic mass is 16.1. The Morgan fingerprint density at radius 1 is 1.55 bits per heavy atom. The minimum atomic E-state index is 0.764. The molecule has 0 aliphatic heterocycles. The van der Waals surface area contributed by atoms with Crippen LogP contribution in [0.15, 0.2) is 24.5 Å². The molecule has 0 N–H and O–H groups in total. The second-order valence-electron chi connectivity index (χ2n) is 2.23. The molecule has 2 heteroatoms. The first-order valence-electron chi connectivity index (χ1n) is 3.37. The smallest absolute Gasteiger partial charge is 0.142 e. The molecule has 0 fully saturated rings. The number of pyridine rings is 1. The van der Waals surface area contributed by atoms with Gasteiger partial charge in [-0.2, -0.15) is 0 Å². The quantitative estimate of drug-likeness (QED) is 0.469. The Hall–Kier alpha value is -1.44. The van der Waals surface area contributed by atoms with Crippen molar-refractivity contribution < 1.29 is 4.79 Å².